The third-order valence-corrected chi connectivity index (χ3v) is 3.33. The summed E-state index contributed by atoms with van der Waals surface area (Å²) in [5, 5.41) is 0. The van der Waals surface area contributed by atoms with Crippen molar-refractivity contribution in [1.29, 1.82) is 0 Å². The van der Waals surface area contributed by atoms with Gasteiger partial charge in [0, 0.05) is 38.6 Å². The van der Waals surface area contributed by atoms with E-state index in [1.54, 1.807) is 0 Å². The summed E-state index contributed by atoms with van der Waals surface area (Å²) in [6, 6.07) is 0.839. The Labute approximate surface area is 116 Å². The maximum atomic E-state index is 11.7. The van der Waals surface area contributed by atoms with Crippen molar-refractivity contribution >= 4 is 30.7 Å². The van der Waals surface area contributed by atoms with E-state index in [0.29, 0.717) is 13.0 Å². The van der Waals surface area contributed by atoms with Crippen LogP contribution in [0.3, 0.4) is 0 Å². The van der Waals surface area contributed by atoms with Crippen molar-refractivity contribution in [3.8, 4) is 0 Å². The fourth-order valence-corrected chi connectivity index (χ4v) is 2.19. The molecule has 0 radical (unpaired) electrons. The van der Waals surface area contributed by atoms with Crippen LogP contribution in [0.4, 0.5) is 0 Å². The second-order valence-corrected chi connectivity index (χ2v) is 4.54. The van der Waals surface area contributed by atoms with Gasteiger partial charge in [0.05, 0.1) is 0 Å². The first kappa shape index (κ1) is 17.0. The molecular formula is C11H23Cl2N3O. The second-order valence-electron chi connectivity index (χ2n) is 4.54. The predicted molar refractivity (Wildman–Crippen MR) is 74.0 cm³/mol. The van der Waals surface area contributed by atoms with Crippen molar-refractivity contribution in [2.45, 2.75) is 31.7 Å². The first-order valence-corrected chi connectivity index (χ1v) is 6.03. The highest BCUT2D eigenvalue weighted by Gasteiger charge is 2.31. The van der Waals surface area contributed by atoms with Crippen molar-refractivity contribution < 1.29 is 4.79 Å². The molecule has 2 rings (SSSR count). The zero-order valence-electron chi connectivity index (χ0n) is 10.1. The zero-order chi connectivity index (χ0) is 10.7. The summed E-state index contributed by atoms with van der Waals surface area (Å²) in [5.41, 5.74) is 5.40. The summed E-state index contributed by atoms with van der Waals surface area (Å²) in [4.78, 5) is 16.2. The molecule has 6 heteroatoms. The minimum atomic E-state index is 0. The summed E-state index contributed by atoms with van der Waals surface area (Å²) in [5.74, 6) is 0.288. The second kappa shape index (κ2) is 8.14. The molecule has 1 saturated carbocycles. The van der Waals surface area contributed by atoms with Crippen LogP contribution >= 0.6 is 24.8 Å². The van der Waals surface area contributed by atoms with Crippen molar-refractivity contribution in [3.05, 3.63) is 0 Å². The largest absolute Gasteiger partial charge is 0.340 e. The third-order valence-electron chi connectivity index (χ3n) is 3.33. The Hall–Kier alpha value is -0.0300. The molecule has 4 nitrogen and oxygen atoms in total. The summed E-state index contributed by atoms with van der Waals surface area (Å²) >= 11 is 0. The zero-order valence-corrected chi connectivity index (χ0v) is 11.8. The molecule has 1 saturated heterocycles. The maximum absolute atomic E-state index is 11.7. The van der Waals surface area contributed by atoms with Gasteiger partial charge in [-0.2, -0.15) is 0 Å². The highest BCUT2D eigenvalue weighted by molar-refractivity contribution is 5.85. The molecule has 0 aromatic rings. The maximum Gasteiger partial charge on any atom is 0.222 e. The highest BCUT2D eigenvalue weighted by Crippen LogP contribution is 2.27. The minimum Gasteiger partial charge on any atom is -0.340 e. The van der Waals surface area contributed by atoms with E-state index in [9.17, 15) is 4.79 Å². The number of nitrogens with two attached hydrogens (primary N) is 1. The molecule has 2 fully saturated rings. The molecular weight excluding hydrogens is 261 g/mol. The van der Waals surface area contributed by atoms with Gasteiger partial charge in [0.15, 0.2) is 0 Å². The van der Waals surface area contributed by atoms with Crippen molar-refractivity contribution in [2.24, 2.45) is 5.73 Å². The van der Waals surface area contributed by atoms with E-state index >= 15 is 0 Å². The number of rotatable bonds is 4. The van der Waals surface area contributed by atoms with Crippen LogP contribution in [-0.4, -0.2) is 54.5 Å². The highest BCUT2D eigenvalue weighted by atomic mass is 35.5. The molecule has 1 aliphatic heterocycles. The van der Waals surface area contributed by atoms with Gasteiger partial charge in [-0.3, -0.25) is 9.69 Å². The third kappa shape index (κ3) is 5.00. The standard InChI is InChI=1S/C11H21N3O.2ClH/c12-5-1-2-11(15)14-8-6-13(7-9-14)10-3-4-10;;/h10H,1-9,12H2;2*1H. The van der Waals surface area contributed by atoms with Crippen molar-refractivity contribution in [1.82, 2.24) is 9.80 Å². The Morgan fingerprint density at radius 3 is 2.18 bits per heavy atom. The lowest BCUT2D eigenvalue weighted by Gasteiger charge is -2.34. The molecule has 0 atom stereocenters. The number of carbonyl (C=O) groups excluding carboxylic acids is 1. The average molecular weight is 284 g/mol. The van der Waals surface area contributed by atoms with Crippen LogP contribution in [0.25, 0.3) is 0 Å². The molecule has 0 bridgehead atoms. The quantitative estimate of drug-likeness (QED) is 0.833. The Morgan fingerprint density at radius 2 is 1.71 bits per heavy atom. The van der Waals surface area contributed by atoms with E-state index in [1.807, 2.05) is 4.90 Å². The summed E-state index contributed by atoms with van der Waals surface area (Å²) < 4.78 is 0. The van der Waals surface area contributed by atoms with E-state index in [2.05, 4.69) is 4.90 Å². The molecule has 102 valence electrons. The molecule has 0 unspecified atom stereocenters. The Balaban J connectivity index is 0.00000128. The Bertz CT molecular complexity index is 229. The van der Waals surface area contributed by atoms with Crippen LogP contribution in [0.15, 0.2) is 0 Å². The van der Waals surface area contributed by atoms with Crippen LogP contribution < -0.4 is 5.73 Å². The van der Waals surface area contributed by atoms with Crippen molar-refractivity contribution in [3.63, 3.8) is 0 Å². The summed E-state index contributed by atoms with van der Waals surface area (Å²) in [6.07, 6.45) is 4.17. The monoisotopic (exact) mass is 283 g/mol. The number of hydrogen-bond acceptors (Lipinski definition) is 3. The molecule has 2 aliphatic rings. The summed E-state index contributed by atoms with van der Waals surface area (Å²) in [7, 11) is 0. The number of hydrogen-bond donors (Lipinski definition) is 1. The molecule has 0 aromatic carbocycles. The van der Waals surface area contributed by atoms with E-state index in [1.165, 1.54) is 12.8 Å². The fourth-order valence-electron chi connectivity index (χ4n) is 2.19. The van der Waals surface area contributed by atoms with E-state index < -0.39 is 0 Å². The van der Waals surface area contributed by atoms with Crippen LogP contribution in [-0.2, 0) is 4.79 Å². The van der Waals surface area contributed by atoms with Crippen LogP contribution in [0.5, 0.6) is 0 Å². The number of halogens is 2. The van der Waals surface area contributed by atoms with Crippen LogP contribution in [0.1, 0.15) is 25.7 Å². The van der Waals surface area contributed by atoms with Gasteiger partial charge in [0.2, 0.25) is 5.91 Å². The van der Waals surface area contributed by atoms with Crippen LogP contribution in [0.2, 0.25) is 0 Å². The van der Waals surface area contributed by atoms with Gasteiger partial charge in [-0.15, -0.1) is 24.8 Å². The number of nitrogens with zero attached hydrogens (tertiary/aromatic N) is 2. The molecule has 1 aliphatic carbocycles. The average Bonchev–Trinajstić information content (AvgIpc) is 3.10. The van der Waals surface area contributed by atoms with Gasteiger partial charge in [-0.25, -0.2) is 0 Å². The van der Waals surface area contributed by atoms with Gasteiger partial charge >= 0.3 is 0 Å². The fraction of sp³-hybridized carbons (Fsp3) is 0.909. The van der Waals surface area contributed by atoms with E-state index in [4.69, 9.17) is 5.73 Å². The lowest BCUT2D eigenvalue weighted by atomic mass is 10.2. The first-order chi connectivity index (χ1) is 7.31. The molecule has 0 spiro atoms. The minimum absolute atomic E-state index is 0. The van der Waals surface area contributed by atoms with Crippen molar-refractivity contribution in [2.75, 3.05) is 32.7 Å². The number of amides is 1. The summed E-state index contributed by atoms with van der Waals surface area (Å²) in [6.45, 7) is 4.59. The predicted octanol–water partition coefficient (Wildman–Crippen LogP) is 0.876. The lowest BCUT2D eigenvalue weighted by Crippen LogP contribution is -2.49. The first-order valence-electron chi connectivity index (χ1n) is 6.03. The number of piperazine rings is 1. The molecule has 1 amide bonds. The normalized spacial score (nSPS) is 20.4. The van der Waals surface area contributed by atoms with Gasteiger partial charge in [0.1, 0.15) is 0 Å². The Kier molecular flexibility index (Phi) is 8.12. The molecule has 0 aromatic heterocycles. The van der Waals surface area contributed by atoms with Crippen LogP contribution in [0, 0.1) is 0 Å². The molecule has 17 heavy (non-hydrogen) atoms. The van der Waals surface area contributed by atoms with E-state index in [-0.39, 0.29) is 30.7 Å². The van der Waals surface area contributed by atoms with Gasteiger partial charge < -0.3 is 10.6 Å². The molecule has 2 N–H and O–H groups in total. The van der Waals surface area contributed by atoms with E-state index in [0.717, 1.165) is 38.6 Å². The topological polar surface area (TPSA) is 49.6 Å². The Morgan fingerprint density at radius 1 is 1.12 bits per heavy atom. The SMILES string of the molecule is Cl.Cl.NCCCC(=O)N1CCN(C2CC2)CC1. The molecule has 1 heterocycles. The van der Waals surface area contributed by atoms with Gasteiger partial charge in [0.25, 0.3) is 0 Å². The smallest absolute Gasteiger partial charge is 0.222 e. The number of carbonyl (C=O) groups is 1. The van der Waals surface area contributed by atoms with Gasteiger partial charge in [-0.05, 0) is 25.8 Å². The lowest BCUT2D eigenvalue weighted by molar-refractivity contribution is -0.133. The van der Waals surface area contributed by atoms with Gasteiger partial charge in [-0.1, -0.05) is 0 Å².